The van der Waals surface area contributed by atoms with Crippen LogP contribution in [0.4, 0.5) is 13.2 Å². The zero-order valence-corrected chi connectivity index (χ0v) is 14.1. The Labute approximate surface area is 152 Å². The maximum Gasteiger partial charge on any atom is 0.455 e. The highest BCUT2D eigenvalue weighted by Gasteiger charge is 2.43. The molecule has 1 heterocycles. The second-order valence-electron chi connectivity index (χ2n) is 6.02. The summed E-state index contributed by atoms with van der Waals surface area (Å²) in [6, 6.07) is 16.7. The van der Waals surface area contributed by atoms with Crippen molar-refractivity contribution in [2.45, 2.75) is 6.18 Å². The van der Waals surface area contributed by atoms with Crippen molar-refractivity contribution in [1.82, 2.24) is 0 Å². The summed E-state index contributed by atoms with van der Waals surface area (Å²) in [7, 11) is 1.54. The number of halogens is 3. The molecule has 0 aromatic heterocycles. The van der Waals surface area contributed by atoms with Crippen LogP contribution in [0.1, 0.15) is 10.4 Å². The molecule has 136 valence electrons. The molecule has 0 atom stereocenters. The number of hydrogen-bond donors (Lipinski definition) is 0. The van der Waals surface area contributed by atoms with Crippen molar-refractivity contribution in [3.8, 4) is 28.4 Å². The van der Waals surface area contributed by atoms with Crippen LogP contribution in [0.3, 0.4) is 0 Å². The van der Waals surface area contributed by atoms with E-state index in [2.05, 4.69) is 0 Å². The molecule has 0 amide bonds. The van der Waals surface area contributed by atoms with E-state index >= 15 is 0 Å². The highest BCUT2D eigenvalue weighted by Crippen LogP contribution is 2.43. The third-order valence-electron chi connectivity index (χ3n) is 4.43. The molecule has 27 heavy (non-hydrogen) atoms. The first-order valence-electron chi connectivity index (χ1n) is 8.10. The van der Waals surface area contributed by atoms with Gasteiger partial charge in [-0.1, -0.05) is 24.3 Å². The van der Waals surface area contributed by atoms with Gasteiger partial charge < -0.3 is 9.15 Å². The van der Waals surface area contributed by atoms with Crippen LogP contribution in [0.2, 0.25) is 0 Å². The van der Waals surface area contributed by atoms with Crippen molar-refractivity contribution in [2.75, 3.05) is 7.11 Å². The average Bonchev–Trinajstić information content (AvgIpc) is 3.00. The Morgan fingerprint density at radius 3 is 2.22 bits per heavy atom. The number of ketones is 1. The van der Waals surface area contributed by atoms with Crippen molar-refractivity contribution < 1.29 is 27.1 Å². The smallest absolute Gasteiger partial charge is 0.455 e. The van der Waals surface area contributed by atoms with Crippen LogP contribution in [0.15, 0.2) is 65.1 Å². The Bertz CT molecular complexity index is 1110. The molecule has 2 aliphatic rings. The molecular formula is C21H13F3O3. The Balaban J connectivity index is 1.97. The van der Waals surface area contributed by atoms with Crippen LogP contribution in [0.25, 0.3) is 33.4 Å². The van der Waals surface area contributed by atoms with E-state index in [0.29, 0.717) is 28.0 Å². The Morgan fingerprint density at radius 1 is 0.926 bits per heavy atom. The summed E-state index contributed by atoms with van der Waals surface area (Å²) in [6.07, 6.45) is -4.99. The minimum Gasteiger partial charge on any atom is -0.497 e. The lowest BCUT2D eigenvalue weighted by molar-refractivity contribution is -0.0884. The molecule has 1 aliphatic heterocycles. The number of ether oxygens (including phenoxy) is 1. The van der Waals surface area contributed by atoms with Gasteiger partial charge in [0.25, 0.3) is 5.78 Å². The Hall–Kier alpha value is -3.28. The highest BCUT2D eigenvalue weighted by molar-refractivity contribution is 6.20. The Morgan fingerprint density at radius 2 is 1.59 bits per heavy atom. The van der Waals surface area contributed by atoms with Gasteiger partial charge in [-0.25, -0.2) is 0 Å². The number of alkyl halides is 3. The normalized spacial score (nSPS) is 11.9. The molecule has 0 radical (unpaired) electrons. The van der Waals surface area contributed by atoms with Gasteiger partial charge in [0.2, 0.25) is 0 Å². The molecule has 0 fully saturated rings. The van der Waals surface area contributed by atoms with Crippen molar-refractivity contribution in [3.05, 3.63) is 66.2 Å². The van der Waals surface area contributed by atoms with Gasteiger partial charge in [0.05, 0.1) is 12.7 Å². The summed E-state index contributed by atoms with van der Waals surface area (Å²) in [4.78, 5) is 12.1. The first-order valence-corrected chi connectivity index (χ1v) is 8.10. The van der Waals surface area contributed by atoms with E-state index in [1.807, 2.05) is 0 Å². The van der Waals surface area contributed by atoms with Crippen LogP contribution >= 0.6 is 0 Å². The van der Waals surface area contributed by atoms with Crippen LogP contribution in [0, 0.1) is 0 Å². The average molecular weight is 370 g/mol. The largest absolute Gasteiger partial charge is 0.497 e. The van der Waals surface area contributed by atoms with Gasteiger partial charge in [-0.15, -0.1) is 0 Å². The zero-order valence-electron chi connectivity index (χ0n) is 14.1. The first kappa shape index (κ1) is 17.1. The maximum atomic E-state index is 13.2. The van der Waals surface area contributed by atoms with Gasteiger partial charge in [-0.3, -0.25) is 4.79 Å². The molecule has 0 saturated heterocycles. The summed E-state index contributed by atoms with van der Waals surface area (Å²) in [5.74, 6) is -0.973. The molecule has 2 aromatic rings. The van der Waals surface area contributed by atoms with E-state index in [1.54, 1.807) is 54.6 Å². The van der Waals surface area contributed by atoms with Crippen molar-refractivity contribution in [2.24, 2.45) is 0 Å². The predicted octanol–water partition coefficient (Wildman–Crippen LogP) is 5.96. The molecule has 6 heteroatoms. The van der Waals surface area contributed by atoms with Crippen LogP contribution in [0.5, 0.6) is 5.75 Å². The van der Waals surface area contributed by atoms with Crippen molar-refractivity contribution in [3.63, 3.8) is 0 Å². The van der Waals surface area contributed by atoms with Gasteiger partial charge in [0.1, 0.15) is 17.3 Å². The summed E-state index contributed by atoms with van der Waals surface area (Å²) < 4.78 is 50.4. The zero-order chi connectivity index (χ0) is 19.2. The van der Waals surface area contributed by atoms with E-state index in [0.717, 1.165) is 0 Å². The number of carbonyl (C=O) groups is 1. The lowest BCUT2D eigenvalue weighted by Gasteiger charge is -2.09. The number of methoxy groups -OCH3 is 1. The molecule has 0 N–H and O–H groups in total. The number of carbonyl (C=O) groups excluding carboxylic acids is 1. The van der Waals surface area contributed by atoms with Crippen LogP contribution in [-0.4, -0.2) is 19.1 Å². The molecule has 0 bridgehead atoms. The molecule has 0 unspecified atom stereocenters. The van der Waals surface area contributed by atoms with Gasteiger partial charge in [0.15, 0.2) is 0 Å². The lowest BCUT2D eigenvalue weighted by atomic mass is 10.1. The highest BCUT2D eigenvalue weighted by atomic mass is 19.4. The molecule has 0 spiro atoms. The van der Waals surface area contributed by atoms with E-state index < -0.39 is 17.5 Å². The van der Waals surface area contributed by atoms with Crippen molar-refractivity contribution >= 4 is 16.6 Å². The fourth-order valence-corrected chi connectivity index (χ4v) is 3.17. The third-order valence-corrected chi connectivity index (χ3v) is 4.43. The molecule has 2 aromatic carbocycles. The van der Waals surface area contributed by atoms with Crippen molar-refractivity contribution in [1.29, 1.82) is 0 Å². The standard InChI is InChI=1S/C21H13F3O3/c1-26-13-8-6-12(7-9-13)17-11-10-16-14-4-2-3-5-15(14)18(19(16)27-17)20(25)21(22,23)24/h2-11H,1H3. The topological polar surface area (TPSA) is 39.4 Å². The van der Waals surface area contributed by atoms with Gasteiger partial charge >= 0.3 is 6.18 Å². The van der Waals surface area contributed by atoms with E-state index in [-0.39, 0.29) is 11.1 Å². The Kier molecular flexibility index (Phi) is 3.91. The summed E-state index contributed by atoms with van der Waals surface area (Å²) in [5, 5.41) is 0.774. The number of fused-ring (bicyclic) bond motifs is 3. The molecule has 3 nitrogen and oxygen atoms in total. The molecular weight excluding hydrogens is 357 g/mol. The summed E-state index contributed by atoms with van der Waals surface area (Å²) >= 11 is 0. The molecule has 0 saturated carbocycles. The van der Waals surface area contributed by atoms with Crippen LogP contribution < -0.4 is 4.74 Å². The van der Waals surface area contributed by atoms with Gasteiger partial charge in [-0.05, 0) is 47.2 Å². The summed E-state index contributed by atoms with van der Waals surface area (Å²) in [6.45, 7) is 0. The minimum atomic E-state index is -4.99. The number of rotatable bonds is 3. The van der Waals surface area contributed by atoms with Gasteiger partial charge in [0, 0.05) is 11.1 Å². The fourth-order valence-electron chi connectivity index (χ4n) is 3.17. The van der Waals surface area contributed by atoms with E-state index in [9.17, 15) is 18.0 Å². The predicted molar refractivity (Wildman–Crippen MR) is 95.2 cm³/mol. The quantitative estimate of drug-likeness (QED) is 0.418. The van der Waals surface area contributed by atoms with Crippen LogP contribution in [-0.2, 0) is 0 Å². The molecule has 4 rings (SSSR count). The minimum absolute atomic E-state index is 0.0631. The summed E-state index contributed by atoms with van der Waals surface area (Å²) in [5.41, 5.74) is 0.673. The lowest BCUT2D eigenvalue weighted by Crippen LogP contribution is -2.22. The first-order chi connectivity index (χ1) is 12.9. The number of benzene rings is 2. The molecule has 1 aliphatic carbocycles. The maximum absolute atomic E-state index is 13.2. The second kappa shape index (κ2) is 6.16. The van der Waals surface area contributed by atoms with E-state index in [4.69, 9.17) is 9.15 Å². The third kappa shape index (κ3) is 2.83. The van der Waals surface area contributed by atoms with Gasteiger partial charge in [-0.2, -0.15) is 13.2 Å². The fraction of sp³-hybridized carbons (Fsp3) is 0.0952. The monoisotopic (exact) mass is 370 g/mol. The number of Topliss-reactive ketones (excluding diaryl/α,β-unsaturated/α-hetero) is 1. The second-order valence-corrected chi connectivity index (χ2v) is 6.02. The number of hydrogen-bond acceptors (Lipinski definition) is 3. The SMILES string of the molecule is COc1ccc(-c2ccc3c4ccccc4c(C(=O)C(F)(F)F)c-3o2)cc1. The van der Waals surface area contributed by atoms with E-state index in [1.165, 1.54) is 13.2 Å².